The van der Waals surface area contributed by atoms with Crippen molar-refractivity contribution in [2.24, 2.45) is 5.73 Å². The number of nitrogens with one attached hydrogen (secondary N) is 1. The zero-order valence-corrected chi connectivity index (χ0v) is 10.5. The van der Waals surface area contributed by atoms with E-state index >= 15 is 0 Å². The van der Waals surface area contributed by atoms with Gasteiger partial charge in [-0.15, -0.1) is 0 Å². The third kappa shape index (κ3) is 5.50. The van der Waals surface area contributed by atoms with Gasteiger partial charge in [-0.3, -0.25) is 4.79 Å². The van der Waals surface area contributed by atoms with Crippen LogP contribution in [0.4, 0.5) is 0 Å². The Kier molecular flexibility index (Phi) is 6.33. The number of nitrogens with two attached hydrogens (primary N) is 1. The van der Waals surface area contributed by atoms with Crippen LogP contribution >= 0.6 is 0 Å². The summed E-state index contributed by atoms with van der Waals surface area (Å²) in [6.45, 7) is 2.83. The average molecular weight is 234 g/mol. The van der Waals surface area contributed by atoms with Gasteiger partial charge in [-0.1, -0.05) is 43.7 Å². The number of carbonyl (C=O) groups excluding carboxylic acids is 1. The van der Waals surface area contributed by atoms with Crippen LogP contribution in [0.25, 0.3) is 0 Å². The van der Waals surface area contributed by atoms with Crippen molar-refractivity contribution in [1.82, 2.24) is 5.32 Å². The Hall–Kier alpha value is -1.35. The summed E-state index contributed by atoms with van der Waals surface area (Å²) >= 11 is 0. The molecule has 0 radical (unpaired) electrons. The number of benzene rings is 1. The Bertz CT molecular complexity index is 324. The maximum absolute atomic E-state index is 11.6. The first-order valence-electron chi connectivity index (χ1n) is 6.31. The van der Waals surface area contributed by atoms with Crippen molar-refractivity contribution < 1.29 is 4.79 Å². The van der Waals surface area contributed by atoms with Crippen LogP contribution in [0.5, 0.6) is 0 Å². The van der Waals surface area contributed by atoms with Gasteiger partial charge >= 0.3 is 0 Å². The van der Waals surface area contributed by atoms with Crippen LogP contribution in [0.3, 0.4) is 0 Å². The fourth-order valence-electron chi connectivity index (χ4n) is 1.62. The molecule has 0 saturated carbocycles. The Morgan fingerprint density at radius 3 is 2.71 bits per heavy atom. The molecule has 17 heavy (non-hydrogen) atoms. The summed E-state index contributed by atoms with van der Waals surface area (Å²) in [5.41, 5.74) is 7.06. The number of aryl methyl sites for hydroxylation is 1. The molecule has 1 unspecified atom stereocenters. The van der Waals surface area contributed by atoms with Crippen molar-refractivity contribution in [3.8, 4) is 0 Å². The number of rotatable bonds is 7. The minimum atomic E-state index is -0.396. The summed E-state index contributed by atoms with van der Waals surface area (Å²) < 4.78 is 0. The van der Waals surface area contributed by atoms with Crippen LogP contribution in [0.15, 0.2) is 30.3 Å². The summed E-state index contributed by atoms with van der Waals surface area (Å²) in [6, 6.07) is 9.71. The number of hydrogen-bond donors (Lipinski definition) is 2. The molecule has 0 heterocycles. The van der Waals surface area contributed by atoms with Gasteiger partial charge < -0.3 is 11.1 Å². The molecule has 1 atom stereocenters. The predicted octanol–water partition coefficient (Wildman–Crippen LogP) is 1.86. The molecule has 1 amide bonds. The van der Waals surface area contributed by atoms with Gasteiger partial charge in [0.1, 0.15) is 0 Å². The lowest BCUT2D eigenvalue weighted by Gasteiger charge is -2.11. The number of amides is 1. The molecule has 1 aromatic rings. The molecule has 0 spiro atoms. The smallest absolute Gasteiger partial charge is 0.236 e. The van der Waals surface area contributed by atoms with E-state index in [1.807, 2.05) is 18.2 Å². The Morgan fingerprint density at radius 2 is 2.06 bits per heavy atom. The number of carbonyl (C=O) groups is 1. The van der Waals surface area contributed by atoms with E-state index in [2.05, 4.69) is 24.4 Å². The number of hydrogen-bond acceptors (Lipinski definition) is 2. The molecule has 1 aromatic carbocycles. The van der Waals surface area contributed by atoms with E-state index in [4.69, 9.17) is 5.73 Å². The normalized spacial score (nSPS) is 12.1. The standard InChI is InChI=1S/C14H22N2O/c1-2-3-11-16-14(17)13(15)10-9-12-7-5-4-6-8-12/h4-8,13H,2-3,9-11,15H2,1H3,(H,16,17). The topological polar surface area (TPSA) is 55.1 Å². The molecule has 0 aliphatic carbocycles. The molecule has 3 heteroatoms. The summed E-state index contributed by atoms with van der Waals surface area (Å²) in [5.74, 6) is -0.0330. The molecule has 0 aromatic heterocycles. The highest BCUT2D eigenvalue weighted by atomic mass is 16.2. The summed E-state index contributed by atoms with van der Waals surface area (Å²) in [5, 5.41) is 2.86. The first kappa shape index (κ1) is 13.7. The quantitative estimate of drug-likeness (QED) is 0.708. The molecule has 0 fully saturated rings. The van der Waals surface area contributed by atoms with E-state index < -0.39 is 6.04 Å². The van der Waals surface area contributed by atoms with E-state index in [1.54, 1.807) is 0 Å². The van der Waals surface area contributed by atoms with Gasteiger partial charge in [-0.05, 0) is 24.8 Å². The molecule has 3 nitrogen and oxygen atoms in total. The summed E-state index contributed by atoms with van der Waals surface area (Å²) in [4.78, 5) is 11.6. The Labute approximate surface area is 103 Å². The van der Waals surface area contributed by atoms with E-state index in [1.165, 1.54) is 5.56 Å². The van der Waals surface area contributed by atoms with E-state index in [9.17, 15) is 4.79 Å². The zero-order chi connectivity index (χ0) is 12.5. The van der Waals surface area contributed by atoms with Gasteiger partial charge in [0.25, 0.3) is 0 Å². The Morgan fingerprint density at radius 1 is 1.35 bits per heavy atom. The highest BCUT2D eigenvalue weighted by molar-refractivity contribution is 5.81. The molecule has 0 saturated heterocycles. The molecular formula is C14H22N2O. The van der Waals surface area contributed by atoms with Crippen LogP contribution in [-0.2, 0) is 11.2 Å². The molecule has 0 aliphatic heterocycles. The van der Waals surface area contributed by atoms with E-state index in [-0.39, 0.29) is 5.91 Å². The fraction of sp³-hybridized carbons (Fsp3) is 0.500. The van der Waals surface area contributed by atoms with Gasteiger partial charge in [-0.25, -0.2) is 0 Å². The first-order chi connectivity index (χ1) is 8.24. The maximum Gasteiger partial charge on any atom is 0.236 e. The third-order valence-corrected chi connectivity index (χ3v) is 2.75. The minimum absolute atomic E-state index is 0.0330. The lowest BCUT2D eigenvalue weighted by molar-refractivity contribution is -0.122. The van der Waals surface area contributed by atoms with E-state index in [0.717, 1.165) is 25.8 Å². The third-order valence-electron chi connectivity index (χ3n) is 2.75. The van der Waals surface area contributed by atoms with Gasteiger partial charge in [0.05, 0.1) is 6.04 Å². The van der Waals surface area contributed by atoms with Crippen LogP contribution < -0.4 is 11.1 Å². The number of unbranched alkanes of at least 4 members (excludes halogenated alkanes) is 1. The van der Waals surface area contributed by atoms with E-state index in [0.29, 0.717) is 6.42 Å². The highest BCUT2D eigenvalue weighted by Gasteiger charge is 2.12. The molecule has 0 aliphatic rings. The van der Waals surface area contributed by atoms with Gasteiger partial charge in [-0.2, -0.15) is 0 Å². The molecular weight excluding hydrogens is 212 g/mol. The van der Waals surface area contributed by atoms with Crippen molar-refractivity contribution in [3.63, 3.8) is 0 Å². The maximum atomic E-state index is 11.6. The summed E-state index contributed by atoms with van der Waals surface area (Å²) in [7, 11) is 0. The monoisotopic (exact) mass is 234 g/mol. The second-order valence-corrected chi connectivity index (χ2v) is 4.28. The van der Waals surface area contributed by atoms with Crippen LogP contribution in [0.1, 0.15) is 31.7 Å². The van der Waals surface area contributed by atoms with Crippen LogP contribution in [-0.4, -0.2) is 18.5 Å². The van der Waals surface area contributed by atoms with Crippen molar-refractivity contribution in [1.29, 1.82) is 0 Å². The van der Waals surface area contributed by atoms with Gasteiger partial charge in [0, 0.05) is 6.54 Å². The molecule has 0 bridgehead atoms. The lowest BCUT2D eigenvalue weighted by Crippen LogP contribution is -2.41. The molecule has 1 rings (SSSR count). The summed E-state index contributed by atoms with van der Waals surface area (Å²) in [6.07, 6.45) is 3.64. The largest absolute Gasteiger partial charge is 0.355 e. The van der Waals surface area contributed by atoms with Crippen molar-refractivity contribution in [3.05, 3.63) is 35.9 Å². The highest BCUT2D eigenvalue weighted by Crippen LogP contribution is 2.04. The van der Waals surface area contributed by atoms with Gasteiger partial charge in [0.2, 0.25) is 5.91 Å². The predicted molar refractivity (Wildman–Crippen MR) is 70.7 cm³/mol. The van der Waals surface area contributed by atoms with Crippen molar-refractivity contribution in [2.45, 2.75) is 38.6 Å². The average Bonchev–Trinajstić information content (AvgIpc) is 2.37. The second kappa shape index (κ2) is 7.85. The van der Waals surface area contributed by atoms with Crippen LogP contribution in [0.2, 0.25) is 0 Å². The van der Waals surface area contributed by atoms with Crippen molar-refractivity contribution in [2.75, 3.05) is 6.54 Å². The minimum Gasteiger partial charge on any atom is -0.355 e. The van der Waals surface area contributed by atoms with Crippen LogP contribution in [0, 0.1) is 0 Å². The Balaban J connectivity index is 2.24. The SMILES string of the molecule is CCCCNC(=O)C(N)CCc1ccccc1. The fourth-order valence-corrected chi connectivity index (χ4v) is 1.62. The second-order valence-electron chi connectivity index (χ2n) is 4.28. The molecule has 3 N–H and O–H groups in total. The molecule has 94 valence electrons. The van der Waals surface area contributed by atoms with Crippen molar-refractivity contribution >= 4 is 5.91 Å². The van der Waals surface area contributed by atoms with Gasteiger partial charge in [0.15, 0.2) is 0 Å². The first-order valence-corrected chi connectivity index (χ1v) is 6.31. The lowest BCUT2D eigenvalue weighted by atomic mass is 10.1. The zero-order valence-electron chi connectivity index (χ0n) is 10.5.